The number of nitrogens with one attached hydrogen (secondary N) is 1. The molecule has 0 saturated carbocycles. The zero-order valence-electron chi connectivity index (χ0n) is 11.4. The van der Waals surface area contributed by atoms with E-state index in [1.807, 2.05) is 7.05 Å². The Balaban J connectivity index is 2.09. The van der Waals surface area contributed by atoms with Crippen molar-refractivity contribution >= 4 is 22.3 Å². The molecule has 2 heterocycles. The van der Waals surface area contributed by atoms with E-state index in [0.717, 1.165) is 11.3 Å². The van der Waals surface area contributed by atoms with Crippen molar-refractivity contribution in [2.45, 2.75) is 19.9 Å². The summed E-state index contributed by atoms with van der Waals surface area (Å²) >= 11 is 1.81. The lowest BCUT2D eigenvalue weighted by molar-refractivity contribution is 0.494. The molecule has 0 aliphatic rings. The lowest BCUT2D eigenvalue weighted by atomic mass is 10.1. The molecule has 3 rings (SSSR count). The van der Waals surface area contributed by atoms with E-state index in [0.29, 0.717) is 0 Å². The SMILES string of the molecule is CNC(c1cc2cccc(C)c2o1)c1ccc(C)s1. The topological polar surface area (TPSA) is 25.2 Å². The van der Waals surface area contributed by atoms with Gasteiger partial charge in [0.15, 0.2) is 0 Å². The van der Waals surface area contributed by atoms with Gasteiger partial charge in [-0.15, -0.1) is 11.3 Å². The number of para-hydroxylation sites is 1. The van der Waals surface area contributed by atoms with Crippen LogP contribution in [0.3, 0.4) is 0 Å². The zero-order chi connectivity index (χ0) is 13.4. The van der Waals surface area contributed by atoms with Crippen molar-refractivity contribution < 1.29 is 4.42 Å². The Kier molecular flexibility index (Phi) is 3.17. The first-order valence-corrected chi connectivity index (χ1v) is 7.23. The molecule has 0 fully saturated rings. The van der Waals surface area contributed by atoms with E-state index < -0.39 is 0 Å². The van der Waals surface area contributed by atoms with Gasteiger partial charge in [0, 0.05) is 15.1 Å². The van der Waals surface area contributed by atoms with Crippen molar-refractivity contribution in [3.8, 4) is 0 Å². The molecular formula is C16H17NOS. The van der Waals surface area contributed by atoms with Gasteiger partial charge >= 0.3 is 0 Å². The minimum absolute atomic E-state index is 0.130. The van der Waals surface area contributed by atoms with Gasteiger partial charge in [-0.3, -0.25) is 0 Å². The molecule has 2 nitrogen and oxygen atoms in total. The minimum Gasteiger partial charge on any atom is -0.459 e. The molecule has 2 aromatic heterocycles. The lowest BCUT2D eigenvalue weighted by Gasteiger charge is -2.11. The Morgan fingerprint density at radius 3 is 2.63 bits per heavy atom. The Bertz CT molecular complexity index is 710. The number of rotatable bonds is 3. The molecule has 0 bridgehead atoms. The maximum absolute atomic E-state index is 6.06. The second-order valence-electron chi connectivity index (χ2n) is 4.81. The summed E-state index contributed by atoms with van der Waals surface area (Å²) in [4.78, 5) is 2.61. The van der Waals surface area contributed by atoms with Crippen LogP contribution in [-0.4, -0.2) is 7.05 Å². The maximum Gasteiger partial charge on any atom is 0.137 e. The fraction of sp³-hybridized carbons (Fsp3) is 0.250. The highest BCUT2D eigenvalue weighted by Crippen LogP contribution is 2.32. The minimum atomic E-state index is 0.130. The fourth-order valence-corrected chi connectivity index (χ4v) is 3.40. The van der Waals surface area contributed by atoms with Gasteiger partial charge in [0.25, 0.3) is 0 Å². The molecule has 0 radical (unpaired) electrons. The van der Waals surface area contributed by atoms with Crippen LogP contribution in [0, 0.1) is 13.8 Å². The van der Waals surface area contributed by atoms with Gasteiger partial charge in [-0.25, -0.2) is 0 Å². The third-order valence-corrected chi connectivity index (χ3v) is 4.44. The van der Waals surface area contributed by atoms with Crippen molar-refractivity contribution in [2.75, 3.05) is 7.05 Å². The molecule has 1 unspecified atom stereocenters. The second kappa shape index (κ2) is 4.83. The molecule has 19 heavy (non-hydrogen) atoms. The third kappa shape index (κ3) is 2.20. The number of fused-ring (bicyclic) bond motifs is 1. The van der Waals surface area contributed by atoms with Gasteiger partial charge in [0.05, 0.1) is 0 Å². The summed E-state index contributed by atoms with van der Waals surface area (Å²) in [7, 11) is 1.97. The van der Waals surface area contributed by atoms with Crippen molar-refractivity contribution in [1.29, 1.82) is 0 Å². The molecule has 0 aliphatic heterocycles. The van der Waals surface area contributed by atoms with Crippen molar-refractivity contribution in [3.05, 3.63) is 57.5 Å². The molecule has 98 valence electrons. The summed E-state index contributed by atoms with van der Waals surface area (Å²) in [6.07, 6.45) is 0. The summed E-state index contributed by atoms with van der Waals surface area (Å²) in [5.74, 6) is 0.980. The van der Waals surface area contributed by atoms with Crippen LogP contribution in [0.5, 0.6) is 0 Å². The average molecular weight is 271 g/mol. The van der Waals surface area contributed by atoms with Crippen LogP contribution in [0.2, 0.25) is 0 Å². The molecule has 3 aromatic rings. The summed E-state index contributed by atoms with van der Waals surface area (Å²) in [6.45, 7) is 4.21. The first kappa shape index (κ1) is 12.5. The molecular weight excluding hydrogens is 254 g/mol. The van der Waals surface area contributed by atoms with E-state index in [1.165, 1.54) is 20.7 Å². The van der Waals surface area contributed by atoms with E-state index in [4.69, 9.17) is 4.42 Å². The molecule has 1 N–H and O–H groups in total. The first-order chi connectivity index (χ1) is 9.19. The predicted octanol–water partition coefficient (Wildman–Crippen LogP) is 4.42. The molecule has 1 aromatic carbocycles. The van der Waals surface area contributed by atoms with Gasteiger partial charge in [0.1, 0.15) is 17.4 Å². The summed E-state index contributed by atoms with van der Waals surface area (Å²) in [6, 6.07) is 12.8. The van der Waals surface area contributed by atoms with E-state index in [-0.39, 0.29) is 6.04 Å². The van der Waals surface area contributed by atoms with Crippen molar-refractivity contribution in [2.24, 2.45) is 0 Å². The largest absolute Gasteiger partial charge is 0.459 e. The maximum atomic E-state index is 6.06. The Labute approximate surface area is 117 Å². The number of benzene rings is 1. The van der Waals surface area contributed by atoms with Crippen molar-refractivity contribution in [3.63, 3.8) is 0 Å². The van der Waals surface area contributed by atoms with Gasteiger partial charge in [-0.1, -0.05) is 18.2 Å². The summed E-state index contributed by atoms with van der Waals surface area (Å²) in [5, 5.41) is 4.51. The Morgan fingerprint density at radius 1 is 1.16 bits per heavy atom. The van der Waals surface area contributed by atoms with Crippen LogP contribution in [0.25, 0.3) is 11.0 Å². The Morgan fingerprint density at radius 2 is 2.00 bits per heavy atom. The fourth-order valence-electron chi connectivity index (χ4n) is 2.40. The number of hydrogen-bond donors (Lipinski definition) is 1. The van der Waals surface area contributed by atoms with Crippen molar-refractivity contribution in [1.82, 2.24) is 5.32 Å². The number of aryl methyl sites for hydroxylation is 2. The molecule has 3 heteroatoms. The van der Waals surface area contributed by atoms with E-state index >= 15 is 0 Å². The average Bonchev–Trinajstić information content (AvgIpc) is 2.98. The molecule has 1 atom stereocenters. The highest BCUT2D eigenvalue weighted by atomic mass is 32.1. The van der Waals surface area contributed by atoms with Gasteiger partial charge in [0.2, 0.25) is 0 Å². The smallest absolute Gasteiger partial charge is 0.137 e. The van der Waals surface area contributed by atoms with Gasteiger partial charge < -0.3 is 9.73 Å². The zero-order valence-corrected chi connectivity index (χ0v) is 12.2. The third-order valence-electron chi connectivity index (χ3n) is 3.38. The van der Waals surface area contributed by atoms with E-state index in [9.17, 15) is 0 Å². The monoisotopic (exact) mass is 271 g/mol. The quantitative estimate of drug-likeness (QED) is 0.763. The van der Waals surface area contributed by atoms with Gasteiger partial charge in [-0.2, -0.15) is 0 Å². The highest BCUT2D eigenvalue weighted by molar-refractivity contribution is 7.12. The highest BCUT2D eigenvalue weighted by Gasteiger charge is 2.18. The standard InChI is InChI=1S/C16H17NOS/c1-10-5-4-6-12-9-13(18-16(10)12)15(17-3)14-8-7-11(2)19-14/h4-9,15,17H,1-3H3. The van der Waals surface area contributed by atoms with Crippen LogP contribution in [0.15, 0.2) is 40.8 Å². The first-order valence-electron chi connectivity index (χ1n) is 6.41. The summed E-state index contributed by atoms with van der Waals surface area (Å²) < 4.78 is 6.06. The molecule has 0 amide bonds. The molecule has 0 spiro atoms. The second-order valence-corrected chi connectivity index (χ2v) is 6.13. The number of furan rings is 1. The van der Waals surface area contributed by atoms with Crippen LogP contribution in [-0.2, 0) is 0 Å². The van der Waals surface area contributed by atoms with Gasteiger partial charge in [-0.05, 0) is 44.7 Å². The molecule has 0 saturated heterocycles. The van der Waals surface area contributed by atoms with E-state index in [2.05, 4.69) is 55.6 Å². The normalized spacial score (nSPS) is 13.0. The van der Waals surface area contributed by atoms with E-state index in [1.54, 1.807) is 11.3 Å². The van der Waals surface area contributed by atoms with Crippen LogP contribution < -0.4 is 5.32 Å². The van der Waals surface area contributed by atoms with Crippen LogP contribution in [0.1, 0.15) is 27.1 Å². The number of thiophene rings is 1. The Hall–Kier alpha value is -1.58. The van der Waals surface area contributed by atoms with Crippen LogP contribution >= 0.6 is 11.3 Å². The van der Waals surface area contributed by atoms with Crippen LogP contribution in [0.4, 0.5) is 0 Å². The molecule has 0 aliphatic carbocycles. The lowest BCUT2D eigenvalue weighted by Crippen LogP contribution is -2.15. The predicted molar refractivity (Wildman–Crippen MR) is 80.9 cm³/mol. The summed E-state index contributed by atoms with van der Waals surface area (Å²) in [5.41, 5.74) is 2.17. The number of hydrogen-bond acceptors (Lipinski definition) is 3.